The molecule has 118 valence electrons. The fourth-order valence-electron chi connectivity index (χ4n) is 2.93. The van der Waals surface area contributed by atoms with Crippen LogP contribution in [0, 0.1) is 10.1 Å². The van der Waals surface area contributed by atoms with Gasteiger partial charge in [0.25, 0.3) is 5.69 Å². The smallest absolute Gasteiger partial charge is 0.319 e. The van der Waals surface area contributed by atoms with Crippen molar-refractivity contribution in [2.45, 2.75) is 25.3 Å². The third-order valence-corrected chi connectivity index (χ3v) is 3.99. The molecule has 1 aliphatic carbocycles. The monoisotopic (exact) mass is 311 g/mol. The number of anilines is 1. The predicted molar refractivity (Wildman–Crippen MR) is 87.4 cm³/mol. The summed E-state index contributed by atoms with van der Waals surface area (Å²) >= 11 is 0. The van der Waals surface area contributed by atoms with Crippen LogP contribution in [0.2, 0.25) is 0 Å². The molecule has 0 fully saturated rings. The van der Waals surface area contributed by atoms with Crippen LogP contribution in [0.15, 0.2) is 48.5 Å². The van der Waals surface area contributed by atoms with Gasteiger partial charge in [-0.2, -0.15) is 0 Å². The summed E-state index contributed by atoms with van der Waals surface area (Å²) in [7, 11) is 0. The summed E-state index contributed by atoms with van der Waals surface area (Å²) < 4.78 is 0. The van der Waals surface area contributed by atoms with Gasteiger partial charge in [-0.3, -0.25) is 10.1 Å². The molecule has 0 bridgehead atoms. The first-order valence-corrected chi connectivity index (χ1v) is 7.53. The van der Waals surface area contributed by atoms with Crippen LogP contribution in [0.3, 0.4) is 0 Å². The first-order valence-electron chi connectivity index (χ1n) is 7.53. The maximum absolute atomic E-state index is 12.2. The maximum atomic E-state index is 12.2. The van der Waals surface area contributed by atoms with E-state index in [0.717, 1.165) is 24.8 Å². The largest absolute Gasteiger partial charge is 0.331 e. The van der Waals surface area contributed by atoms with Crippen LogP contribution in [-0.4, -0.2) is 11.0 Å². The van der Waals surface area contributed by atoms with Crippen LogP contribution in [0.4, 0.5) is 16.2 Å². The van der Waals surface area contributed by atoms with Gasteiger partial charge in [-0.05, 0) is 36.5 Å². The van der Waals surface area contributed by atoms with Crippen molar-refractivity contribution in [2.24, 2.45) is 0 Å². The third kappa shape index (κ3) is 3.48. The van der Waals surface area contributed by atoms with Crippen LogP contribution in [0.25, 0.3) is 0 Å². The van der Waals surface area contributed by atoms with Crippen molar-refractivity contribution in [3.63, 3.8) is 0 Å². The number of amides is 2. The fraction of sp³-hybridized carbons (Fsp3) is 0.235. The van der Waals surface area contributed by atoms with Crippen molar-refractivity contribution >= 4 is 17.4 Å². The molecule has 1 aliphatic rings. The molecule has 1 atom stereocenters. The SMILES string of the molecule is O=C(Nc1cccc([N+](=O)[O-])c1)NC1CCCc2ccccc21. The molecule has 23 heavy (non-hydrogen) atoms. The molecule has 2 aromatic rings. The van der Waals surface area contributed by atoms with Crippen LogP contribution >= 0.6 is 0 Å². The minimum Gasteiger partial charge on any atom is -0.331 e. The topological polar surface area (TPSA) is 84.3 Å². The highest BCUT2D eigenvalue weighted by atomic mass is 16.6. The number of benzene rings is 2. The number of carbonyl (C=O) groups is 1. The quantitative estimate of drug-likeness (QED) is 0.668. The van der Waals surface area contributed by atoms with Crippen molar-refractivity contribution in [1.82, 2.24) is 5.32 Å². The number of hydrogen-bond acceptors (Lipinski definition) is 3. The van der Waals surface area contributed by atoms with Gasteiger partial charge in [0.15, 0.2) is 0 Å². The van der Waals surface area contributed by atoms with E-state index >= 15 is 0 Å². The van der Waals surface area contributed by atoms with Crippen LogP contribution in [0.1, 0.15) is 30.0 Å². The van der Waals surface area contributed by atoms with Crippen LogP contribution < -0.4 is 10.6 Å². The zero-order chi connectivity index (χ0) is 16.2. The Morgan fingerprint density at radius 1 is 1.17 bits per heavy atom. The predicted octanol–water partition coefficient (Wildman–Crippen LogP) is 3.79. The van der Waals surface area contributed by atoms with Crippen molar-refractivity contribution in [3.8, 4) is 0 Å². The second kappa shape index (κ2) is 6.48. The van der Waals surface area contributed by atoms with E-state index in [9.17, 15) is 14.9 Å². The first-order chi connectivity index (χ1) is 11.1. The lowest BCUT2D eigenvalue weighted by Gasteiger charge is -2.26. The highest BCUT2D eigenvalue weighted by Crippen LogP contribution is 2.29. The van der Waals surface area contributed by atoms with Crippen molar-refractivity contribution < 1.29 is 9.72 Å². The number of nitrogens with zero attached hydrogens (tertiary/aromatic N) is 1. The Hall–Kier alpha value is -2.89. The Labute approximate surface area is 133 Å². The number of non-ortho nitro benzene ring substituents is 1. The number of aryl methyl sites for hydroxylation is 1. The average molecular weight is 311 g/mol. The van der Waals surface area contributed by atoms with Gasteiger partial charge in [-0.15, -0.1) is 0 Å². The highest BCUT2D eigenvalue weighted by molar-refractivity contribution is 5.89. The molecule has 0 spiro atoms. The minimum absolute atomic E-state index is 0.0290. The number of nitro benzene ring substituents is 1. The molecule has 6 heteroatoms. The van der Waals surface area contributed by atoms with Gasteiger partial charge in [-0.1, -0.05) is 30.3 Å². The zero-order valence-electron chi connectivity index (χ0n) is 12.5. The van der Waals surface area contributed by atoms with E-state index in [1.165, 1.54) is 17.7 Å². The molecule has 0 aliphatic heterocycles. The molecule has 1 unspecified atom stereocenters. The number of urea groups is 1. The summed E-state index contributed by atoms with van der Waals surface area (Å²) in [6.45, 7) is 0. The highest BCUT2D eigenvalue weighted by Gasteiger charge is 2.21. The van der Waals surface area contributed by atoms with E-state index in [-0.39, 0.29) is 17.8 Å². The Morgan fingerprint density at radius 3 is 2.83 bits per heavy atom. The number of carbonyl (C=O) groups excluding carboxylic acids is 1. The zero-order valence-corrected chi connectivity index (χ0v) is 12.5. The number of hydrogen-bond donors (Lipinski definition) is 2. The number of rotatable bonds is 3. The van der Waals surface area contributed by atoms with Gasteiger partial charge < -0.3 is 10.6 Å². The Morgan fingerprint density at radius 2 is 2.00 bits per heavy atom. The molecule has 2 N–H and O–H groups in total. The van der Waals surface area contributed by atoms with Gasteiger partial charge in [0.1, 0.15) is 0 Å². The molecule has 0 radical (unpaired) electrons. The molecule has 6 nitrogen and oxygen atoms in total. The first kappa shape index (κ1) is 15.0. The maximum Gasteiger partial charge on any atom is 0.319 e. The summed E-state index contributed by atoms with van der Waals surface area (Å²) in [6.07, 6.45) is 2.94. The van der Waals surface area contributed by atoms with E-state index in [4.69, 9.17) is 0 Å². The van der Waals surface area contributed by atoms with Crippen molar-refractivity contribution in [1.29, 1.82) is 0 Å². The number of nitrogens with one attached hydrogen (secondary N) is 2. The second-order valence-corrected chi connectivity index (χ2v) is 5.55. The molecule has 3 rings (SSSR count). The average Bonchev–Trinajstić information content (AvgIpc) is 2.55. The number of fused-ring (bicyclic) bond motifs is 1. The lowest BCUT2D eigenvalue weighted by molar-refractivity contribution is -0.384. The molecule has 2 amide bonds. The van der Waals surface area contributed by atoms with Gasteiger partial charge in [0, 0.05) is 17.8 Å². The van der Waals surface area contributed by atoms with Gasteiger partial charge in [0.2, 0.25) is 0 Å². The van der Waals surface area contributed by atoms with Crippen LogP contribution in [0.5, 0.6) is 0 Å². The van der Waals surface area contributed by atoms with E-state index < -0.39 is 4.92 Å². The summed E-state index contributed by atoms with van der Waals surface area (Å²) in [5.41, 5.74) is 2.76. The fourth-order valence-corrected chi connectivity index (χ4v) is 2.93. The summed E-state index contributed by atoms with van der Waals surface area (Å²) in [4.78, 5) is 22.5. The molecular formula is C17H17N3O3. The number of nitro groups is 1. The summed E-state index contributed by atoms with van der Waals surface area (Å²) in [6, 6.07) is 13.6. The molecule has 0 heterocycles. The lowest BCUT2D eigenvalue weighted by Crippen LogP contribution is -2.34. The standard InChI is InChI=1S/C17H17N3O3/c21-17(18-13-7-4-8-14(11-13)20(22)23)19-16-10-3-6-12-5-1-2-9-15(12)16/h1-2,4-5,7-9,11,16H,3,6,10H2,(H2,18,19,21). The van der Waals surface area contributed by atoms with E-state index in [2.05, 4.69) is 16.7 Å². The molecular weight excluding hydrogens is 294 g/mol. The molecule has 0 saturated carbocycles. The van der Waals surface area contributed by atoms with Crippen molar-refractivity contribution in [3.05, 3.63) is 69.8 Å². The molecule has 0 saturated heterocycles. The van der Waals surface area contributed by atoms with Crippen molar-refractivity contribution in [2.75, 3.05) is 5.32 Å². The molecule has 2 aromatic carbocycles. The summed E-state index contributed by atoms with van der Waals surface area (Å²) in [5.74, 6) is 0. The third-order valence-electron chi connectivity index (χ3n) is 3.99. The Bertz CT molecular complexity index is 745. The minimum atomic E-state index is -0.486. The lowest BCUT2D eigenvalue weighted by atomic mass is 9.88. The van der Waals surface area contributed by atoms with Gasteiger partial charge in [-0.25, -0.2) is 4.79 Å². The van der Waals surface area contributed by atoms with Gasteiger partial charge >= 0.3 is 6.03 Å². The van der Waals surface area contributed by atoms with E-state index in [1.54, 1.807) is 12.1 Å². The normalized spacial score (nSPS) is 16.3. The Kier molecular flexibility index (Phi) is 4.23. The summed E-state index contributed by atoms with van der Waals surface area (Å²) in [5, 5.41) is 16.4. The molecule has 0 aromatic heterocycles. The van der Waals surface area contributed by atoms with Crippen LogP contribution in [-0.2, 0) is 6.42 Å². The Balaban J connectivity index is 1.69. The van der Waals surface area contributed by atoms with Gasteiger partial charge in [0.05, 0.1) is 11.0 Å². The van der Waals surface area contributed by atoms with E-state index in [0.29, 0.717) is 5.69 Å². The second-order valence-electron chi connectivity index (χ2n) is 5.55. The van der Waals surface area contributed by atoms with E-state index in [1.807, 2.05) is 18.2 Å².